The minimum atomic E-state index is -1.21. The topological polar surface area (TPSA) is 117 Å². The van der Waals surface area contributed by atoms with Gasteiger partial charge >= 0.3 is 6.03 Å². The lowest BCUT2D eigenvalue weighted by Gasteiger charge is -2.20. The van der Waals surface area contributed by atoms with Crippen molar-refractivity contribution in [3.8, 4) is 11.1 Å². The molecule has 2 aromatic heterocycles. The molecule has 1 fully saturated rings. The number of benzene rings is 1. The van der Waals surface area contributed by atoms with Crippen LogP contribution in [0.3, 0.4) is 0 Å². The highest BCUT2D eigenvalue weighted by Crippen LogP contribution is 2.35. The van der Waals surface area contributed by atoms with E-state index in [-0.39, 0.29) is 5.69 Å². The fourth-order valence-corrected chi connectivity index (χ4v) is 3.94. The standard InChI is InChI=1S/C19H15N5O3/c25-17-14(18(26)24-19(27)23-17)15-13-12(7-20-16(13)22-8-21-15)11-5-4-9-2-1-3-10(9)6-11/h4-8,14H,1-3H2,(H,20,21,22)(H2,23,24,25,26,27). The fraction of sp³-hybridized carbons (Fsp3) is 0.211. The predicted octanol–water partition coefficient (Wildman–Crippen LogP) is 1.56. The highest BCUT2D eigenvalue weighted by molar-refractivity contribution is 6.20. The molecule has 8 nitrogen and oxygen atoms in total. The molecule has 1 aromatic carbocycles. The van der Waals surface area contributed by atoms with Crippen molar-refractivity contribution in [3.63, 3.8) is 0 Å². The summed E-state index contributed by atoms with van der Waals surface area (Å²) in [6, 6.07) is 5.48. The van der Waals surface area contributed by atoms with Crippen LogP contribution >= 0.6 is 0 Å². The molecule has 1 saturated heterocycles. The molecule has 3 N–H and O–H groups in total. The number of aryl methyl sites for hydroxylation is 2. The average Bonchev–Trinajstić information content (AvgIpc) is 3.27. The third kappa shape index (κ3) is 2.41. The number of fused-ring (bicyclic) bond motifs is 2. The molecule has 1 aliphatic heterocycles. The first-order valence-corrected chi connectivity index (χ1v) is 8.71. The van der Waals surface area contributed by atoms with Crippen molar-refractivity contribution in [2.24, 2.45) is 0 Å². The summed E-state index contributed by atoms with van der Waals surface area (Å²) in [5.41, 5.74) is 5.30. The van der Waals surface area contributed by atoms with Crippen LogP contribution in [-0.4, -0.2) is 32.8 Å². The van der Waals surface area contributed by atoms with Gasteiger partial charge in [0.15, 0.2) is 5.92 Å². The Balaban J connectivity index is 1.69. The lowest BCUT2D eigenvalue weighted by Crippen LogP contribution is -2.54. The summed E-state index contributed by atoms with van der Waals surface area (Å²) in [5.74, 6) is -2.59. The molecule has 0 atom stereocenters. The van der Waals surface area contributed by atoms with E-state index in [1.54, 1.807) is 0 Å². The molecule has 4 amide bonds. The SMILES string of the molecule is O=C1NC(=O)C(c2ncnc3[nH]cc(-c4ccc5c(c4)CCC5)c23)C(=O)N1. The van der Waals surface area contributed by atoms with Gasteiger partial charge in [0.2, 0.25) is 11.8 Å². The summed E-state index contributed by atoms with van der Waals surface area (Å²) in [6.07, 6.45) is 6.40. The normalized spacial score (nSPS) is 17.1. The van der Waals surface area contributed by atoms with Crippen LogP contribution in [-0.2, 0) is 22.4 Å². The number of nitrogens with zero attached hydrogens (tertiary/aromatic N) is 2. The van der Waals surface area contributed by atoms with Gasteiger partial charge in [-0.2, -0.15) is 0 Å². The zero-order valence-electron chi connectivity index (χ0n) is 14.2. The molecule has 134 valence electrons. The van der Waals surface area contributed by atoms with Crippen molar-refractivity contribution in [3.05, 3.63) is 47.5 Å². The zero-order valence-corrected chi connectivity index (χ0v) is 14.2. The number of H-pyrrole nitrogens is 1. The lowest BCUT2D eigenvalue weighted by molar-refractivity contribution is -0.132. The van der Waals surface area contributed by atoms with Crippen molar-refractivity contribution in [2.45, 2.75) is 25.2 Å². The summed E-state index contributed by atoms with van der Waals surface area (Å²) in [5, 5.41) is 4.87. The highest BCUT2D eigenvalue weighted by atomic mass is 16.2. The van der Waals surface area contributed by atoms with Gasteiger partial charge in [-0.25, -0.2) is 14.8 Å². The first-order valence-electron chi connectivity index (χ1n) is 8.71. The third-order valence-electron chi connectivity index (χ3n) is 5.18. The second-order valence-electron chi connectivity index (χ2n) is 6.76. The molecule has 1 aliphatic carbocycles. The van der Waals surface area contributed by atoms with E-state index in [9.17, 15) is 14.4 Å². The van der Waals surface area contributed by atoms with Crippen LogP contribution in [0.25, 0.3) is 22.2 Å². The molecule has 0 radical (unpaired) electrons. The van der Waals surface area contributed by atoms with E-state index >= 15 is 0 Å². The summed E-state index contributed by atoms with van der Waals surface area (Å²) in [6.45, 7) is 0. The van der Waals surface area contributed by atoms with E-state index in [0.717, 1.165) is 30.4 Å². The number of nitrogens with one attached hydrogen (secondary N) is 3. The van der Waals surface area contributed by atoms with Crippen LogP contribution in [0.1, 0.15) is 29.2 Å². The number of carbonyl (C=O) groups excluding carboxylic acids is 3. The summed E-state index contributed by atoms with van der Waals surface area (Å²) in [7, 11) is 0. The van der Waals surface area contributed by atoms with Gasteiger partial charge in [0, 0.05) is 17.1 Å². The number of aromatic nitrogens is 3. The second kappa shape index (κ2) is 5.73. The van der Waals surface area contributed by atoms with E-state index in [1.807, 2.05) is 12.3 Å². The maximum atomic E-state index is 12.3. The van der Waals surface area contributed by atoms with Crippen LogP contribution in [0, 0.1) is 0 Å². The number of hydrogen-bond acceptors (Lipinski definition) is 5. The minimum Gasteiger partial charge on any atom is -0.345 e. The molecule has 0 saturated carbocycles. The summed E-state index contributed by atoms with van der Waals surface area (Å²) >= 11 is 0. The number of amides is 4. The Bertz CT molecular complexity index is 1110. The zero-order chi connectivity index (χ0) is 18.5. The van der Waals surface area contributed by atoms with Gasteiger partial charge in [-0.15, -0.1) is 0 Å². The highest BCUT2D eigenvalue weighted by Gasteiger charge is 2.38. The molecule has 2 aliphatic rings. The largest absolute Gasteiger partial charge is 0.345 e. The van der Waals surface area contributed by atoms with Crippen LogP contribution in [0.2, 0.25) is 0 Å². The quantitative estimate of drug-likeness (QED) is 0.599. The van der Waals surface area contributed by atoms with Crippen molar-refractivity contribution in [1.82, 2.24) is 25.6 Å². The Morgan fingerprint density at radius 2 is 1.74 bits per heavy atom. The maximum absolute atomic E-state index is 12.3. The van der Waals surface area contributed by atoms with Crippen LogP contribution in [0.15, 0.2) is 30.7 Å². The van der Waals surface area contributed by atoms with Crippen molar-refractivity contribution < 1.29 is 14.4 Å². The van der Waals surface area contributed by atoms with Crippen molar-refractivity contribution in [1.29, 1.82) is 0 Å². The van der Waals surface area contributed by atoms with E-state index in [0.29, 0.717) is 11.0 Å². The second-order valence-corrected chi connectivity index (χ2v) is 6.76. The summed E-state index contributed by atoms with van der Waals surface area (Å²) in [4.78, 5) is 47.5. The first-order chi connectivity index (χ1) is 13.1. The smallest absolute Gasteiger partial charge is 0.328 e. The predicted molar refractivity (Wildman–Crippen MR) is 95.8 cm³/mol. The van der Waals surface area contributed by atoms with E-state index in [1.165, 1.54) is 17.5 Å². The number of aromatic amines is 1. The Hall–Kier alpha value is -3.55. The molecule has 0 spiro atoms. The number of carbonyl (C=O) groups is 3. The van der Waals surface area contributed by atoms with Gasteiger partial charge in [-0.3, -0.25) is 20.2 Å². The number of hydrogen-bond donors (Lipinski definition) is 3. The molecule has 5 rings (SSSR count). The third-order valence-corrected chi connectivity index (χ3v) is 5.18. The number of rotatable bonds is 2. The number of barbiturate groups is 1. The van der Waals surface area contributed by atoms with Crippen LogP contribution < -0.4 is 10.6 Å². The minimum absolute atomic E-state index is 0.277. The number of imide groups is 2. The lowest BCUT2D eigenvalue weighted by atomic mass is 9.94. The fourth-order valence-electron chi connectivity index (χ4n) is 3.94. The van der Waals surface area contributed by atoms with Gasteiger partial charge in [-0.05, 0) is 36.0 Å². The molecular weight excluding hydrogens is 346 g/mol. The molecule has 0 unspecified atom stereocenters. The Labute approximate surface area is 153 Å². The first kappa shape index (κ1) is 15.7. The number of urea groups is 1. The Kier molecular flexibility index (Phi) is 3.33. The van der Waals surface area contributed by atoms with Gasteiger partial charge < -0.3 is 4.98 Å². The molecule has 0 bridgehead atoms. The molecule has 3 heterocycles. The monoisotopic (exact) mass is 361 g/mol. The van der Waals surface area contributed by atoms with Gasteiger partial charge in [-0.1, -0.05) is 18.2 Å². The van der Waals surface area contributed by atoms with Crippen LogP contribution in [0.4, 0.5) is 4.79 Å². The van der Waals surface area contributed by atoms with E-state index < -0.39 is 23.8 Å². The van der Waals surface area contributed by atoms with Gasteiger partial charge in [0.1, 0.15) is 12.0 Å². The van der Waals surface area contributed by atoms with Crippen molar-refractivity contribution in [2.75, 3.05) is 0 Å². The summed E-state index contributed by atoms with van der Waals surface area (Å²) < 4.78 is 0. The van der Waals surface area contributed by atoms with E-state index in [2.05, 4.69) is 37.7 Å². The molecule has 3 aromatic rings. The molecule has 27 heavy (non-hydrogen) atoms. The Morgan fingerprint density at radius 1 is 0.963 bits per heavy atom. The maximum Gasteiger partial charge on any atom is 0.328 e. The van der Waals surface area contributed by atoms with Crippen LogP contribution in [0.5, 0.6) is 0 Å². The average molecular weight is 361 g/mol. The molecular formula is C19H15N5O3. The van der Waals surface area contributed by atoms with Gasteiger partial charge in [0.25, 0.3) is 0 Å². The van der Waals surface area contributed by atoms with E-state index in [4.69, 9.17) is 0 Å². The van der Waals surface area contributed by atoms with Crippen molar-refractivity contribution >= 4 is 28.9 Å². The Morgan fingerprint density at radius 3 is 2.56 bits per heavy atom. The van der Waals surface area contributed by atoms with Gasteiger partial charge in [0.05, 0.1) is 5.69 Å². The molecule has 8 heteroatoms.